The van der Waals surface area contributed by atoms with Crippen LogP contribution in [-0.4, -0.2) is 6.47 Å². The molecule has 0 N–H and O–H groups in total. The van der Waals surface area contributed by atoms with Crippen LogP contribution in [0.3, 0.4) is 0 Å². The fourth-order valence-electron chi connectivity index (χ4n) is 0.551. The Bertz CT molecular complexity index is 198. The average molecular weight is 154 g/mol. The molecular weight excluding hydrogens is 148 g/mol. The molecule has 0 bridgehead atoms. The van der Waals surface area contributed by atoms with E-state index in [-0.39, 0.29) is 0 Å². The summed E-state index contributed by atoms with van der Waals surface area (Å²) in [4.78, 5) is 10.7. The molecule has 0 amide bonds. The summed E-state index contributed by atoms with van der Waals surface area (Å²) in [5.74, 6) is 0. The van der Waals surface area contributed by atoms with Crippen LogP contribution in [0.2, 0.25) is 0 Å². The zero-order valence-electron chi connectivity index (χ0n) is 5.19. The summed E-state index contributed by atoms with van der Waals surface area (Å²) >= 11 is 1.05. The van der Waals surface area contributed by atoms with E-state index in [1.54, 1.807) is 0 Å². The molecule has 1 rings (SSSR count). The van der Waals surface area contributed by atoms with Crippen LogP contribution in [0.5, 0.6) is 0 Å². The molecule has 1 aromatic carbocycles. The highest BCUT2D eigenvalue weighted by atomic mass is 32.2. The summed E-state index contributed by atoms with van der Waals surface area (Å²) in [5, 5.41) is 0. The van der Waals surface area contributed by atoms with Gasteiger partial charge in [-0.05, 0) is 12.1 Å². The van der Waals surface area contributed by atoms with Crippen molar-refractivity contribution in [1.29, 1.82) is 0 Å². The van der Waals surface area contributed by atoms with Gasteiger partial charge in [0.05, 0.1) is 12.0 Å². The number of hydrogen-bond donors (Lipinski definition) is 0. The molecule has 0 atom stereocenters. The molecule has 52 valence electrons. The highest BCUT2D eigenvalue weighted by molar-refractivity contribution is 7.95. The highest BCUT2D eigenvalue weighted by Gasteiger charge is 1.89. The molecule has 0 saturated carbocycles. The number of carbonyl (C=O) groups excluding carboxylic acids is 1. The van der Waals surface area contributed by atoms with E-state index in [9.17, 15) is 4.79 Å². The molecule has 0 saturated heterocycles. The number of carbonyl (C=O) groups is 1. The Kier molecular flexibility index (Phi) is 2.83. The van der Waals surface area contributed by atoms with E-state index < -0.39 is 0 Å². The minimum atomic E-state index is 0.414. The second-order valence-corrected chi connectivity index (χ2v) is 2.42. The van der Waals surface area contributed by atoms with Crippen molar-refractivity contribution in [2.45, 2.75) is 4.90 Å². The molecule has 1 aromatic rings. The lowest BCUT2D eigenvalue weighted by molar-refractivity contribution is -0.119. The molecule has 3 heteroatoms. The highest BCUT2D eigenvalue weighted by Crippen LogP contribution is 2.16. The third kappa shape index (κ3) is 2.11. The summed E-state index contributed by atoms with van der Waals surface area (Å²) in [5.41, 5.74) is 0. The van der Waals surface area contributed by atoms with Gasteiger partial charge in [0.2, 0.25) is 0 Å². The molecule has 0 unspecified atom stereocenters. The minimum absolute atomic E-state index is 0.414. The van der Waals surface area contributed by atoms with Crippen molar-refractivity contribution < 1.29 is 8.98 Å². The molecule has 2 nitrogen and oxygen atoms in total. The lowest BCUT2D eigenvalue weighted by Gasteiger charge is -1.93. The Labute approximate surface area is 63.4 Å². The van der Waals surface area contributed by atoms with Crippen molar-refractivity contribution in [3.05, 3.63) is 30.3 Å². The first kappa shape index (κ1) is 7.15. The monoisotopic (exact) mass is 154 g/mol. The number of rotatable bonds is 3. The van der Waals surface area contributed by atoms with Crippen LogP contribution in [0.15, 0.2) is 35.2 Å². The van der Waals surface area contributed by atoms with E-state index >= 15 is 0 Å². The quantitative estimate of drug-likeness (QED) is 0.491. The summed E-state index contributed by atoms with van der Waals surface area (Å²) in [6, 6.07) is 9.42. The van der Waals surface area contributed by atoms with Gasteiger partial charge in [-0.3, -0.25) is 4.79 Å². The van der Waals surface area contributed by atoms with Gasteiger partial charge >= 0.3 is 6.47 Å². The van der Waals surface area contributed by atoms with Gasteiger partial charge in [0.1, 0.15) is 0 Å². The van der Waals surface area contributed by atoms with Crippen LogP contribution in [0, 0.1) is 0 Å². The van der Waals surface area contributed by atoms with E-state index in [0.29, 0.717) is 6.47 Å². The SMILES string of the molecule is O=COSc1ccccc1. The van der Waals surface area contributed by atoms with Crippen molar-refractivity contribution in [2.24, 2.45) is 0 Å². The minimum Gasteiger partial charge on any atom is -0.388 e. The van der Waals surface area contributed by atoms with Gasteiger partial charge in [-0.15, -0.1) is 0 Å². The van der Waals surface area contributed by atoms with Crippen LogP contribution < -0.4 is 0 Å². The van der Waals surface area contributed by atoms with Crippen LogP contribution in [-0.2, 0) is 8.98 Å². The molecule has 0 radical (unpaired) electrons. The normalized spacial score (nSPS) is 8.80. The lowest BCUT2D eigenvalue weighted by atomic mass is 10.4. The predicted molar refractivity (Wildman–Crippen MR) is 39.4 cm³/mol. The maximum atomic E-state index is 9.74. The van der Waals surface area contributed by atoms with Crippen molar-refractivity contribution in [3.8, 4) is 0 Å². The van der Waals surface area contributed by atoms with Crippen molar-refractivity contribution in [3.63, 3.8) is 0 Å². The summed E-state index contributed by atoms with van der Waals surface area (Å²) in [7, 11) is 0. The largest absolute Gasteiger partial charge is 0.388 e. The van der Waals surface area contributed by atoms with E-state index in [1.807, 2.05) is 30.3 Å². The molecule has 0 heterocycles. The zero-order valence-corrected chi connectivity index (χ0v) is 6.01. The third-order valence-electron chi connectivity index (χ3n) is 0.927. The number of hydrogen-bond acceptors (Lipinski definition) is 3. The standard InChI is InChI=1S/C7H6O2S/c8-6-9-10-7-4-2-1-3-5-7/h1-6H. The van der Waals surface area contributed by atoms with E-state index in [4.69, 9.17) is 0 Å². The second kappa shape index (κ2) is 3.95. The summed E-state index contributed by atoms with van der Waals surface area (Å²) in [6.45, 7) is 0.414. The summed E-state index contributed by atoms with van der Waals surface area (Å²) < 4.78 is 4.46. The molecule has 0 aliphatic heterocycles. The van der Waals surface area contributed by atoms with Gasteiger partial charge in [0.25, 0.3) is 0 Å². The fourth-order valence-corrected chi connectivity index (χ4v) is 0.970. The topological polar surface area (TPSA) is 26.3 Å². The van der Waals surface area contributed by atoms with Crippen LogP contribution >= 0.6 is 12.0 Å². The third-order valence-corrected chi connectivity index (χ3v) is 1.57. The van der Waals surface area contributed by atoms with Gasteiger partial charge in [-0.2, -0.15) is 0 Å². The Morgan fingerprint density at radius 2 is 2.00 bits per heavy atom. The Morgan fingerprint density at radius 3 is 2.60 bits per heavy atom. The fraction of sp³-hybridized carbons (Fsp3) is 0. The molecule has 0 aromatic heterocycles. The van der Waals surface area contributed by atoms with Gasteiger partial charge < -0.3 is 4.18 Å². The van der Waals surface area contributed by atoms with Crippen molar-refractivity contribution >= 4 is 18.5 Å². The van der Waals surface area contributed by atoms with Crippen molar-refractivity contribution in [1.82, 2.24) is 0 Å². The van der Waals surface area contributed by atoms with Crippen LogP contribution in [0.25, 0.3) is 0 Å². The second-order valence-electron chi connectivity index (χ2n) is 1.59. The molecular formula is C7H6O2S. The Hall–Kier alpha value is -0.960. The van der Waals surface area contributed by atoms with E-state index in [1.165, 1.54) is 0 Å². The van der Waals surface area contributed by atoms with Crippen molar-refractivity contribution in [2.75, 3.05) is 0 Å². The summed E-state index contributed by atoms with van der Waals surface area (Å²) in [6.07, 6.45) is 0. The average Bonchev–Trinajstić information content (AvgIpc) is 2.03. The predicted octanol–water partition coefficient (Wildman–Crippen LogP) is 1.87. The first-order chi connectivity index (χ1) is 4.93. The van der Waals surface area contributed by atoms with Gasteiger partial charge in [0.15, 0.2) is 0 Å². The molecule has 0 spiro atoms. The Morgan fingerprint density at radius 1 is 1.30 bits per heavy atom. The Balaban J connectivity index is 2.50. The lowest BCUT2D eigenvalue weighted by Crippen LogP contribution is -1.73. The smallest absolute Gasteiger partial charge is 0.305 e. The van der Waals surface area contributed by atoms with Gasteiger partial charge in [-0.1, -0.05) is 18.2 Å². The molecule has 0 fully saturated rings. The molecule has 0 aliphatic carbocycles. The van der Waals surface area contributed by atoms with Crippen LogP contribution in [0.1, 0.15) is 0 Å². The maximum Gasteiger partial charge on any atom is 0.305 e. The first-order valence-electron chi connectivity index (χ1n) is 2.75. The van der Waals surface area contributed by atoms with Gasteiger partial charge in [-0.25, -0.2) is 0 Å². The zero-order chi connectivity index (χ0) is 7.23. The van der Waals surface area contributed by atoms with Crippen LogP contribution in [0.4, 0.5) is 0 Å². The molecule has 10 heavy (non-hydrogen) atoms. The van der Waals surface area contributed by atoms with E-state index in [0.717, 1.165) is 16.9 Å². The molecule has 0 aliphatic rings. The van der Waals surface area contributed by atoms with Gasteiger partial charge in [0, 0.05) is 4.90 Å². The van der Waals surface area contributed by atoms with E-state index in [2.05, 4.69) is 4.18 Å². The number of benzene rings is 1. The first-order valence-corrected chi connectivity index (χ1v) is 3.49. The maximum absolute atomic E-state index is 9.74.